The minimum Gasteiger partial charge on any atom is -0.375 e. The maximum Gasteiger partial charge on any atom is 0.251 e. The highest BCUT2D eigenvalue weighted by Crippen LogP contribution is 2.43. The first-order valence-electron chi connectivity index (χ1n) is 17.3. The molecule has 0 saturated heterocycles. The Morgan fingerprint density at radius 3 is 2.06 bits per heavy atom. The zero-order valence-corrected chi connectivity index (χ0v) is 28.1. The summed E-state index contributed by atoms with van der Waals surface area (Å²) in [6.07, 6.45) is 3.69. The lowest BCUT2D eigenvalue weighted by Gasteiger charge is -2.41. The molecule has 0 radical (unpaired) electrons. The largest absolute Gasteiger partial charge is 0.375 e. The summed E-state index contributed by atoms with van der Waals surface area (Å²) in [6.45, 7) is 4.52. The summed E-state index contributed by atoms with van der Waals surface area (Å²) >= 11 is 0. The predicted octanol–water partition coefficient (Wildman–Crippen LogP) is 9.01. The van der Waals surface area contributed by atoms with Crippen molar-refractivity contribution < 1.29 is 13.9 Å². The second-order valence-corrected chi connectivity index (χ2v) is 13.2. The average molecular weight is 652 g/mol. The van der Waals surface area contributed by atoms with E-state index < -0.39 is 11.1 Å². The van der Waals surface area contributed by atoms with Crippen molar-refractivity contribution in [3.05, 3.63) is 173 Å². The Kier molecular flexibility index (Phi) is 9.15. The molecule has 0 bridgehead atoms. The monoisotopic (exact) mass is 651 g/mol. The third kappa shape index (κ3) is 6.17. The van der Waals surface area contributed by atoms with Crippen LogP contribution < -0.4 is 5.32 Å². The maximum absolute atomic E-state index is 14.7. The van der Waals surface area contributed by atoms with Gasteiger partial charge in [0.1, 0.15) is 11.4 Å². The van der Waals surface area contributed by atoms with Crippen LogP contribution in [0.25, 0.3) is 10.9 Å². The smallest absolute Gasteiger partial charge is 0.251 e. The van der Waals surface area contributed by atoms with Crippen molar-refractivity contribution in [2.24, 2.45) is 0 Å². The Morgan fingerprint density at radius 1 is 0.878 bits per heavy atom. The van der Waals surface area contributed by atoms with Gasteiger partial charge in [0, 0.05) is 30.0 Å². The van der Waals surface area contributed by atoms with Crippen molar-refractivity contribution in [3.63, 3.8) is 0 Å². The minimum absolute atomic E-state index is 0.0824. The zero-order valence-electron chi connectivity index (χ0n) is 28.1. The van der Waals surface area contributed by atoms with Crippen molar-refractivity contribution in [2.45, 2.75) is 63.1 Å². The molecule has 1 N–H and O–H groups in total. The molecule has 1 aliphatic carbocycles. The van der Waals surface area contributed by atoms with Crippen LogP contribution in [0.4, 0.5) is 4.39 Å². The van der Waals surface area contributed by atoms with Crippen LogP contribution in [0.3, 0.4) is 0 Å². The van der Waals surface area contributed by atoms with Crippen LogP contribution in [0, 0.1) is 12.7 Å². The van der Waals surface area contributed by atoms with E-state index in [0.29, 0.717) is 30.6 Å². The van der Waals surface area contributed by atoms with Gasteiger partial charge in [0.2, 0.25) is 0 Å². The molecular weight excluding hydrogens is 609 g/mol. The van der Waals surface area contributed by atoms with Gasteiger partial charge in [0.25, 0.3) is 5.91 Å². The highest BCUT2D eigenvalue weighted by molar-refractivity contribution is 5.99. The summed E-state index contributed by atoms with van der Waals surface area (Å²) in [5.74, 6) is -0.342. The van der Waals surface area contributed by atoms with E-state index >= 15 is 0 Å². The van der Waals surface area contributed by atoms with Crippen molar-refractivity contribution in [2.75, 3.05) is 6.61 Å². The average Bonchev–Trinajstić information content (AvgIpc) is 3.46. The van der Waals surface area contributed by atoms with Crippen molar-refractivity contribution in [1.29, 1.82) is 0 Å². The number of aryl methyl sites for hydroxylation is 1. The number of nitrogens with one attached hydrogen (secondary N) is 1. The molecule has 49 heavy (non-hydrogen) atoms. The quantitative estimate of drug-likeness (QED) is 0.151. The van der Waals surface area contributed by atoms with Gasteiger partial charge < -0.3 is 10.1 Å². The molecule has 1 aromatic heterocycles. The fourth-order valence-electron chi connectivity index (χ4n) is 7.92. The maximum atomic E-state index is 14.7. The van der Waals surface area contributed by atoms with E-state index in [2.05, 4.69) is 82.8 Å². The van der Waals surface area contributed by atoms with E-state index in [-0.39, 0.29) is 17.8 Å². The topological polar surface area (TPSA) is 56.1 Å². The van der Waals surface area contributed by atoms with Gasteiger partial charge in [-0.25, -0.2) is 9.07 Å². The van der Waals surface area contributed by atoms with Crippen molar-refractivity contribution in [1.82, 2.24) is 15.1 Å². The third-order valence-electron chi connectivity index (χ3n) is 10.1. The third-order valence-corrected chi connectivity index (χ3v) is 10.1. The minimum atomic E-state index is -0.761. The number of amides is 1. The SMILES string of the molecule is CCOC1(Cc2ccccc2F)CCCC(NC(=O)c2ccc3c(c2)c(C)nn3C(c2ccccc2)(c2ccccc2)c2ccccc2)C1. The molecule has 1 saturated carbocycles. The number of aromatic nitrogens is 2. The van der Waals surface area contributed by atoms with Gasteiger partial charge in [-0.05, 0) is 86.1 Å². The summed E-state index contributed by atoms with van der Waals surface area (Å²) < 4.78 is 23.1. The normalized spacial score (nSPS) is 18.0. The summed E-state index contributed by atoms with van der Waals surface area (Å²) in [5.41, 5.74) is 4.99. The van der Waals surface area contributed by atoms with Gasteiger partial charge in [-0.15, -0.1) is 0 Å². The molecule has 5 nitrogen and oxygen atoms in total. The Bertz CT molecular complexity index is 1940. The van der Waals surface area contributed by atoms with E-state index in [9.17, 15) is 9.18 Å². The number of benzene rings is 5. The molecule has 0 aliphatic heterocycles. The Morgan fingerprint density at radius 2 is 1.47 bits per heavy atom. The van der Waals surface area contributed by atoms with E-state index in [1.165, 1.54) is 6.07 Å². The lowest BCUT2D eigenvalue weighted by atomic mass is 9.77. The van der Waals surface area contributed by atoms with Gasteiger partial charge in [-0.2, -0.15) is 5.10 Å². The molecular formula is C43H42FN3O2. The number of carbonyl (C=O) groups is 1. The van der Waals surface area contributed by atoms with Crippen LogP contribution in [0.15, 0.2) is 133 Å². The number of halogens is 1. The van der Waals surface area contributed by atoms with Crippen molar-refractivity contribution in [3.8, 4) is 0 Å². The predicted molar refractivity (Wildman–Crippen MR) is 193 cm³/mol. The molecule has 2 unspecified atom stereocenters. The zero-order chi connectivity index (χ0) is 33.8. The van der Waals surface area contributed by atoms with Gasteiger partial charge in [0.05, 0.1) is 16.8 Å². The van der Waals surface area contributed by atoms with Crippen molar-refractivity contribution >= 4 is 16.8 Å². The number of hydrogen-bond donors (Lipinski definition) is 1. The second-order valence-electron chi connectivity index (χ2n) is 13.2. The number of fused-ring (bicyclic) bond motifs is 1. The van der Waals surface area contributed by atoms with Crippen LogP contribution in [-0.2, 0) is 16.7 Å². The van der Waals surface area contributed by atoms with E-state index in [0.717, 1.165) is 52.5 Å². The number of nitrogens with zero attached hydrogens (tertiary/aromatic N) is 2. The van der Waals surface area contributed by atoms with Gasteiger partial charge in [0.15, 0.2) is 0 Å². The fraction of sp³-hybridized carbons (Fsp3) is 0.256. The van der Waals surface area contributed by atoms with Crippen LogP contribution in [0.2, 0.25) is 0 Å². The highest BCUT2D eigenvalue weighted by atomic mass is 19.1. The summed E-state index contributed by atoms with van der Waals surface area (Å²) in [6, 6.07) is 44.2. The Balaban J connectivity index is 1.24. The molecule has 1 fully saturated rings. The first-order chi connectivity index (χ1) is 23.9. The van der Waals surface area contributed by atoms with Gasteiger partial charge in [-0.1, -0.05) is 109 Å². The van der Waals surface area contributed by atoms with Crippen LogP contribution in [-0.4, -0.2) is 33.9 Å². The van der Waals surface area contributed by atoms with E-state index in [4.69, 9.17) is 9.84 Å². The molecule has 1 heterocycles. The van der Waals surface area contributed by atoms with Crippen LogP contribution in [0.1, 0.15) is 70.9 Å². The highest BCUT2D eigenvalue weighted by Gasteiger charge is 2.41. The Labute approximate surface area is 287 Å². The summed E-state index contributed by atoms with van der Waals surface area (Å²) in [7, 11) is 0. The number of hydrogen-bond acceptors (Lipinski definition) is 3. The van der Waals surface area contributed by atoms with E-state index in [1.807, 2.05) is 62.4 Å². The number of ether oxygens (including phenoxy) is 1. The molecule has 0 spiro atoms. The molecule has 1 amide bonds. The van der Waals surface area contributed by atoms with Gasteiger partial charge >= 0.3 is 0 Å². The standard InChI is InChI=1S/C43H42FN3O2/c1-3-49-42(29-33-16-13-14-24-39(33)44)27-15-23-37(30-42)45-41(48)32-25-26-40-38(28-32)31(2)46-47(40)43(34-17-7-4-8-18-34,35-19-9-5-10-20-35)36-21-11-6-12-22-36/h4-14,16-22,24-26,28,37H,3,15,23,27,29-30H2,1-2H3,(H,45,48). The summed E-state index contributed by atoms with van der Waals surface area (Å²) in [4.78, 5) is 13.9. The van der Waals surface area contributed by atoms with E-state index in [1.54, 1.807) is 6.07 Å². The second kappa shape index (κ2) is 13.8. The first-order valence-corrected chi connectivity index (χ1v) is 17.3. The fourth-order valence-corrected chi connectivity index (χ4v) is 7.92. The molecule has 6 aromatic rings. The van der Waals surface area contributed by atoms with Gasteiger partial charge in [-0.3, -0.25) is 4.79 Å². The molecule has 2 atom stereocenters. The van der Waals surface area contributed by atoms with Crippen LogP contribution in [0.5, 0.6) is 0 Å². The lowest BCUT2D eigenvalue weighted by Crippen LogP contribution is -2.48. The number of rotatable bonds is 10. The molecule has 248 valence electrons. The molecule has 6 heteroatoms. The first kappa shape index (κ1) is 32.5. The van der Waals surface area contributed by atoms with Crippen LogP contribution >= 0.6 is 0 Å². The molecule has 7 rings (SSSR count). The molecule has 5 aromatic carbocycles. The summed E-state index contributed by atoms with van der Waals surface area (Å²) in [5, 5.41) is 9.46. The molecule has 1 aliphatic rings. The lowest BCUT2D eigenvalue weighted by molar-refractivity contribution is -0.0709. The Hall–Kier alpha value is -5.07. The number of carbonyl (C=O) groups excluding carboxylic acids is 1.